The van der Waals surface area contributed by atoms with Gasteiger partial charge in [-0.1, -0.05) is 43.7 Å². The third-order valence-electron chi connectivity index (χ3n) is 7.50. The number of ether oxygens (including phenoxy) is 3. The van der Waals surface area contributed by atoms with E-state index in [0.29, 0.717) is 42.0 Å². The lowest BCUT2D eigenvalue weighted by molar-refractivity contribution is -0.146. The second kappa shape index (κ2) is 14.8. The Kier molecular flexibility index (Phi) is 11.3. The molecule has 11 nitrogen and oxygen atoms in total. The maximum atomic E-state index is 14.2. The average molecular weight is 675 g/mol. The molecule has 1 aliphatic heterocycles. The highest BCUT2D eigenvalue weighted by Gasteiger charge is 2.43. The van der Waals surface area contributed by atoms with Gasteiger partial charge in [-0.2, -0.15) is 17.9 Å². The van der Waals surface area contributed by atoms with E-state index in [0.717, 1.165) is 18.4 Å². The maximum Gasteiger partial charge on any atom is 0.453 e. The summed E-state index contributed by atoms with van der Waals surface area (Å²) in [4.78, 5) is 31.0. The quantitative estimate of drug-likeness (QED) is 0.212. The molecule has 1 aromatic heterocycles. The number of halogens is 3. The summed E-state index contributed by atoms with van der Waals surface area (Å²) in [7, 11) is 0. The second-order valence-corrected chi connectivity index (χ2v) is 13.8. The third kappa shape index (κ3) is 9.38. The van der Waals surface area contributed by atoms with Crippen molar-refractivity contribution in [3.63, 3.8) is 0 Å². The molecule has 2 amide bonds. The Bertz CT molecular complexity index is 1530. The lowest BCUT2D eigenvalue weighted by Gasteiger charge is -2.46. The van der Waals surface area contributed by atoms with Crippen LogP contribution in [0.5, 0.6) is 5.75 Å². The smallest absolute Gasteiger partial charge is 0.453 e. The Morgan fingerprint density at radius 2 is 1.67 bits per heavy atom. The predicted molar refractivity (Wildman–Crippen MR) is 171 cm³/mol. The van der Waals surface area contributed by atoms with Gasteiger partial charge < -0.3 is 14.2 Å². The summed E-state index contributed by atoms with van der Waals surface area (Å²) in [5.74, 6) is -0.903. The Labute approximate surface area is 279 Å². The molecule has 0 spiro atoms. The Hall–Kier alpha value is -4.36. The van der Waals surface area contributed by atoms with Crippen LogP contribution in [0.25, 0.3) is 5.69 Å². The zero-order valence-corrected chi connectivity index (χ0v) is 28.6. The van der Waals surface area contributed by atoms with E-state index in [1.54, 1.807) is 52.5 Å². The number of carbonyl (C=O) groups excluding carboxylic acids is 2. The maximum absolute atomic E-state index is 14.2. The number of alkyl halides is 3. The number of carbonyl (C=O) groups is 2. The first-order valence-corrected chi connectivity index (χ1v) is 16.1. The molecule has 1 aliphatic rings. The average Bonchev–Trinajstić information content (AvgIpc) is 3.50. The molecule has 0 radical (unpaired) electrons. The lowest BCUT2D eigenvalue weighted by atomic mass is 9.89. The number of rotatable bonds is 9. The minimum Gasteiger partial charge on any atom is -0.493 e. The highest BCUT2D eigenvalue weighted by atomic mass is 19.4. The van der Waals surface area contributed by atoms with Gasteiger partial charge in [0.15, 0.2) is 0 Å². The minimum atomic E-state index is -4.81. The number of aromatic nitrogens is 4. The highest BCUT2D eigenvalue weighted by Crippen LogP contribution is 2.38. The van der Waals surface area contributed by atoms with Gasteiger partial charge in [0.25, 0.3) is 5.82 Å². The van der Waals surface area contributed by atoms with Crippen molar-refractivity contribution in [3.05, 3.63) is 65.5 Å². The summed E-state index contributed by atoms with van der Waals surface area (Å²) in [5, 5.41) is 10.0. The fraction of sp³-hybridized carbons (Fsp3) is 0.559. The number of hydrogen-bond acceptors (Lipinski definition) is 8. The summed E-state index contributed by atoms with van der Waals surface area (Å²) in [6.45, 7) is 13.3. The van der Waals surface area contributed by atoms with Crippen molar-refractivity contribution in [3.8, 4) is 11.4 Å². The fourth-order valence-corrected chi connectivity index (χ4v) is 5.53. The van der Waals surface area contributed by atoms with Gasteiger partial charge in [-0.05, 0) is 95.0 Å². The van der Waals surface area contributed by atoms with Gasteiger partial charge >= 0.3 is 18.4 Å². The third-order valence-corrected chi connectivity index (χ3v) is 7.50. The molecular formula is C34H45F3N6O5. The first-order valence-electron chi connectivity index (χ1n) is 16.1. The van der Waals surface area contributed by atoms with Crippen molar-refractivity contribution in [1.82, 2.24) is 30.0 Å². The molecule has 0 bridgehead atoms. The number of unbranched alkanes of at least 4 members (excludes halogenated alkanes) is 1. The van der Waals surface area contributed by atoms with Crippen LogP contribution in [0.2, 0.25) is 0 Å². The molecule has 0 unspecified atom stereocenters. The van der Waals surface area contributed by atoms with Gasteiger partial charge in [-0.25, -0.2) is 9.59 Å². The van der Waals surface area contributed by atoms with E-state index in [9.17, 15) is 22.8 Å². The summed E-state index contributed by atoms with van der Waals surface area (Å²) in [5.41, 5.74) is -0.384. The molecule has 1 fully saturated rings. The van der Waals surface area contributed by atoms with E-state index >= 15 is 0 Å². The van der Waals surface area contributed by atoms with E-state index in [4.69, 9.17) is 14.2 Å². The van der Waals surface area contributed by atoms with Crippen molar-refractivity contribution in [2.45, 2.75) is 110 Å². The van der Waals surface area contributed by atoms with E-state index in [1.165, 1.54) is 17.0 Å². The summed E-state index contributed by atoms with van der Waals surface area (Å²) < 4.78 is 59.8. The van der Waals surface area contributed by atoms with Crippen LogP contribution in [0.15, 0.2) is 48.5 Å². The molecule has 0 aliphatic carbocycles. The number of nitrogens with zero attached hydrogens (tertiary/aromatic N) is 6. The van der Waals surface area contributed by atoms with Crippen LogP contribution in [-0.2, 0) is 22.2 Å². The van der Waals surface area contributed by atoms with Crippen molar-refractivity contribution in [1.29, 1.82) is 0 Å². The molecule has 4 rings (SSSR count). The van der Waals surface area contributed by atoms with Gasteiger partial charge in [0.05, 0.1) is 30.9 Å². The molecule has 14 heteroatoms. The molecule has 2 aromatic carbocycles. The Morgan fingerprint density at radius 3 is 2.29 bits per heavy atom. The van der Waals surface area contributed by atoms with E-state index in [1.807, 2.05) is 37.3 Å². The number of amides is 2. The van der Waals surface area contributed by atoms with E-state index < -0.39 is 47.5 Å². The van der Waals surface area contributed by atoms with Crippen LogP contribution in [-0.4, -0.2) is 72.6 Å². The van der Waals surface area contributed by atoms with Gasteiger partial charge in [-0.15, -0.1) is 5.10 Å². The van der Waals surface area contributed by atoms with Gasteiger partial charge in [-0.3, -0.25) is 9.80 Å². The zero-order chi connectivity index (χ0) is 35.3. The zero-order valence-electron chi connectivity index (χ0n) is 28.6. The van der Waals surface area contributed by atoms with Crippen molar-refractivity contribution < 1.29 is 37.0 Å². The molecule has 0 saturated carbocycles. The summed E-state index contributed by atoms with van der Waals surface area (Å²) >= 11 is 0. The van der Waals surface area contributed by atoms with Crippen LogP contribution in [0.4, 0.5) is 22.8 Å². The molecule has 2 heterocycles. The van der Waals surface area contributed by atoms with Crippen molar-refractivity contribution in [2.24, 2.45) is 0 Å². The predicted octanol–water partition coefficient (Wildman–Crippen LogP) is 7.74. The first kappa shape index (κ1) is 36.5. The highest BCUT2D eigenvalue weighted by molar-refractivity contribution is 5.71. The first-order chi connectivity index (χ1) is 22.5. The largest absolute Gasteiger partial charge is 0.493 e. The standard InChI is InChI=1S/C34H45F3N6O5/c1-8-9-20-46-27-18-17-25(43-29(34(35,36)37)38-39-40-43)21-24(27)22-42(31(45)48-33(5,6)7)26-16-13-19-41(30(44)47-32(2,3)4)28(26)23-14-11-10-12-15-23/h10-12,14-15,17-18,21,26,28H,8-9,13,16,19-20,22H2,1-7H3/t26-,28-/m0/s1. The molecule has 0 N–H and O–H groups in total. The van der Waals surface area contributed by atoms with Gasteiger partial charge in [0.2, 0.25) is 0 Å². The molecular weight excluding hydrogens is 629 g/mol. The molecule has 2 atom stereocenters. The summed E-state index contributed by atoms with van der Waals surface area (Å²) in [6.07, 6.45) is -3.30. The molecule has 262 valence electrons. The fourth-order valence-electron chi connectivity index (χ4n) is 5.53. The van der Waals surface area contributed by atoms with E-state index in [2.05, 4.69) is 15.5 Å². The summed E-state index contributed by atoms with van der Waals surface area (Å²) in [6, 6.07) is 12.6. The van der Waals surface area contributed by atoms with Crippen molar-refractivity contribution in [2.75, 3.05) is 13.2 Å². The molecule has 48 heavy (non-hydrogen) atoms. The van der Waals surface area contributed by atoms with Crippen LogP contribution < -0.4 is 4.74 Å². The van der Waals surface area contributed by atoms with Crippen LogP contribution in [0.1, 0.15) is 97.1 Å². The number of piperidine rings is 1. The number of hydrogen-bond donors (Lipinski definition) is 0. The Balaban J connectivity index is 1.85. The van der Waals surface area contributed by atoms with Gasteiger partial charge in [0, 0.05) is 12.1 Å². The molecule has 1 saturated heterocycles. The number of tetrazole rings is 1. The van der Waals surface area contributed by atoms with E-state index in [-0.39, 0.29) is 12.2 Å². The molecule has 3 aromatic rings. The minimum absolute atomic E-state index is 0.0351. The van der Waals surface area contributed by atoms with Gasteiger partial charge in [0.1, 0.15) is 17.0 Å². The van der Waals surface area contributed by atoms with Crippen LogP contribution in [0, 0.1) is 0 Å². The Morgan fingerprint density at radius 1 is 0.979 bits per heavy atom. The number of benzene rings is 2. The lowest BCUT2D eigenvalue weighted by Crippen LogP contribution is -2.54. The normalized spacial score (nSPS) is 17.2. The second-order valence-electron chi connectivity index (χ2n) is 13.8. The van der Waals surface area contributed by atoms with Crippen LogP contribution >= 0.6 is 0 Å². The SMILES string of the molecule is CCCCOc1ccc(-n2nnnc2C(F)(F)F)cc1CN(C(=O)OC(C)(C)C)[C@H]1CCCN(C(=O)OC(C)(C)C)[C@H]1c1ccccc1. The monoisotopic (exact) mass is 674 g/mol. The van der Waals surface area contributed by atoms with Crippen molar-refractivity contribution >= 4 is 12.2 Å². The number of likely N-dealkylation sites (tertiary alicyclic amines) is 1. The topological polar surface area (TPSA) is 112 Å². The van der Waals surface area contributed by atoms with Crippen LogP contribution in [0.3, 0.4) is 0 Å².